The summed E-state index contributed by atoms with van der Waals surface area (Å²) in [5.41, 5.74) is 3.28. The molecule has 0 spiro atoms. The molecule has 1 aliphatic carbocycles. The van der Waals surface area contributed by atoms with Crippen LogP contribution >= 0.6 is 0 Å². The molecular formula is C27H31N3O3. The molecular weight excluding hydrogens is 414 g/mol. The fraction of sp³-hybridized carbons (Fsp3) is 0.407. The molecule has 6 heteroatoms. The Morgan fingerprint density at radius 2 is 2.09 bits per heavy atom. The molecule has 2 atom stereocenters. The molecule has 1 aromatic carbocycles. The summed E-state index contributed by atoms with van der Waals surface area (Å²) in [7, 11) is 0. The monoisotopic (exact) mass is 445 g/mol. The molecule has 33 heavy (non-hydrogen) atoms. The zero-order valence-corrected chi connectivity index (χ0v) is 19.8. The third-order valence-corrected chi connectivity index (χ3v) is 6.33. The molecule has 0 radical (unpaired) electrons. The van der Waals surface area contributed by atoms with E-state index < -0.39 is 0 Å². The Kier molecular flexibility index (Phi) is 6.84. The number of aromatic nitrogens is 3. The highest BCUT2D eigenvalue weighted by atomic mass is 16.5. The number of benzene rings is 1. The lowest BCUT2D eigenvalue weighted by atomic mass is 9.92. The summed E-state index contributed by atoms with van der Waals surface area (Å²) in [5.74, 6) is 0.341. The quantitative estimate of drug-likeness (QED) is 0.393. The standard InChI is InChI=1S/C27H31N3O3/c1-5-33-11-10-18(3)30-16-29-26-23-12-17(2)6-8-22(23)21(14-24(26)27(30)32)13-20-7-9-25(19(4)31)28-15-20/h7-9,12,14-18H,5-6,10-11,13H2,1-4H3/t17?,18-/m0/s1. The van der Waals surface area contributed by atoms with E-state index in [4.69, 9.17) is 9.72 Å². The van der Waals surface area contributed by atoms with Crippen LogP contribution in [0.25, 0.3) is 23.1 Å². The largest absolute Gasteiger partial charge is 0.382 e. The van der Waals surface area contributed by atoms with Gasteiger partial charge in [0.2, 0.25) is 0 Å². The second kappa shape index (κ2) is 9.79. The molecule has 0 saturated heterocycles. The van der Waals surface area contributed by atoms with Gasteiger partial charge in [-0.15, -0.1) is 0 Å². The van der Waals surface area contributed by atoms with E-state index in [-0.39, 0.29) is 17.4 Å². The summed E-state index contributed by atoms with van der Waals surface area (Å²) in [6, 6.07) is 5.69. The molecule has 4 rings (SSSR count). The first kappa shape index (κ1) is 23.1. The maximum absolute atomic E-state index is 13.5. The third-order valence-electron chi connectivity index (χ3n) is 6.33. The Morgan fingerprint density at radius 1 is 1.27 bits per heavy atom. The maximum Gasteiger partial charge on any atom is 0.261 e. The zero-order chi connectivity index (χ0) is 23.5. The number of nitrogens with zero attached hydrogens (tertiary/aromatic N) is 3. The molecule has 0 fully saturated rings. The lowest BCUT2D eigenvalue weighted by Gasteiger charge is -2.17. The average molecular weight is 446 g/mol. The molecule has 1 unspecified atom stereocenters. The molecule has 0 saturated carbocycles. The van der Waals surface area contributed by atoms with Crippen molar-refractivity contribution in [3.63, 3.8) is 0 Å². The zero-order valence-electron chi connectivity index (χ0n) is 19.8. The smallest absolute Gasteiger partial charge is 0.261 e. The van der Waals surface area contributed by atoms with E-state index in [1.807, 2.05) is 26.0 Å². The van der Waals surface area contributed by atoms with E-state index in [2.05, 4.69) is 24.1 Å². The van der Waals surface area contributed by atoms with Gasteiger partial charge in [0.15, 0.2) is 5.78 Å². The first-order valence-electron chi connectivity index (χ1n) is 11.7. The highest BCUT2D eigenvalue weighted by molar-refractivity contribution is 5.92. The highest BCUT2D eigenvalue weighted by Crippen LogP contribution is 2.15. The summed E-state index contributed by atoms with van der Waals surface area (Å²) in [4.78, 5) is 34.1. The van der Waals surface area contributed by atoms with Crippen LogP contribution in [0.2, 0.25) is 0 Å². The van der Waals surface area contributed by atoms with Gasteiger partial charge in [0.1, 0.15) is 5.69 Å². The maximum atomic E-state index is 13.5. The van der Waals surface area contributed by atoms with Gasteiger partial charge < -0.3 is 4.74 Å². The predicted octanol–water partition coefficient (Wildman–Crippen LogP) is 3.17. The number of Topliss-reactive ketones (excluding diaryl/α,β-unsaturated/α-hetero) is 1. The number of carbonyl (C=O) groups excluding carboxylic acids is 1. The molecule has 6 nitrogen and oxygen atoms in total. The van der Waals surface area contributed by atoms with E-state index in [0.717, 1.165) is 39.9 Å². The van der Waals surface area contributed by atoms with Crippen LogP contribution in [0.1, 0.15) is 68.2 Å². The molecule has 0 bridgehead atoms. The van der Waals surface area contributed by atoms with Crippen LogP contribution in [-0.4, -0.2) is 33.5 Å². The van der Waals surface area contributed by atoms with Crippen molar-refractivity contribution in [2.45, 2.75) is 53.0 Å². The van der Waals surface area contributed by atoms with Gasteiger partial charge in [-0.3, -0.25) is 19.1 Å². The van der Waals surface area contributed by atoms with E-state index in [1.54, 1.807) is 23.2 Å². The van der Waals surface area contributed by atoms with Crippen molar-refractivity contribution in [2.24, 2.45) is 5.92 Å². The van der Waals surface area contributed by atoms with Gasteiger partial charge >= 0.3 is 0 Å². The van der Waals surface area contributed by atoms with Gasteiger partial charge in [-0.25, -0.2) is 4.98 Å². The summed E-state index contributed by atoms with van der Waals surface area (Å²) in [6.45, 7) is 8.97. The van der Waals surface area contributed by atoms with Crippen molar-refractivity contribution in [1.29, 1.82) is 0 Å². The van der Waals surface area contributed by atoms with Gasteiger partial charge in [0, 0.05) is 37.6 Å². The fourth-order valence-corrected chi connectivity index (χ4v) is 4.40. The highest BCUT2D eigenvalue weighted by Gasteiger charge is 2.16. The van der Waals surface area contributed by atoms with Crippen LogP contribution in [0.4, 0.5) is 0 Å². The summed E-state index contributed by atoms with van der Waals surface area (Å²) in [6.07, 6.45) is 10.3. The number of pyridine rings is 1. The van der Waals surface area contributed by atoms with Crippen molar-refractivity contribution in [3.8, 4) is 0 Å². The number of carbonyl (C=O) groups is 1. The SMILES string of the molecule is CCOCC[C@H](C)n1cnc2c3c(c(Cc4ccc(C(C)=O)nc4)cc2c1=O)=CCC(C)C=3. The average Bonchev–Trinajstić information content (AvgIpc) is 2.80. The van der Waals surface area contributed by atoms with E-state index >= 15 is 0 Å². The van der Waals surface area contributed by atoms with E-state index in [9.17, 15) is 9.59 Å². The number of ketones is 1. The van der Waals surface area contributed by atoms with Crippen molar-refractivity contribution in [3.05, 3.63) is 68.3 Å². The number of hydrogen-bond acceptors (Lipinski definition) is 5. The molecule has 2 heterocycles. The molecule has 2 aromatic heterocycles. The third kappa shape index (κ3) is 4.81. The van der Waals surface area contributed by atoms with Crippen molar-refractivity contribution in [1.82, 2.24) is 14.5 Å². The second-order valence-corrected chi connectivity index (χ2v) is 8.92. The van der Waals surface area contributed by atoms with E-state index in [0.29, 0.717) is 36.6 Å². The van der Waals surface area contributed by atoms with Crippen LogP contribution in [0, 0.1) is 5.92 Å². The van der Waals surface area contributed by atoms with Gasteiger partial charge in [-0.1, -0.05) is 25.1 Å². The van der Waals surface area contributed by atoms with E-state index in [1.165, 1.54) is 6.92 Å². The van der Waals surface area contributed by atoms with Crippen LogP contribution < -0.4 is 16.0 Å². The van der Waals surface area contributed by atoms with Gasteiger partial charge in [0.25, 0.3) is 5.56 Å². The van der Waals surface area contributed by atoms with Crippen molar-refractivity contribution < 1.29 is 9.53 Å². The lowest BCUT2D eigenvalue weighted by Crippen LogP contribution is -2.36. The number of hydrogen-bond donors (Lipinski definition) is 0. The van der Waals surface area contributed by atoms with Crippen molar-refractivity contribution >= 4 is 28.8 Å². The molecule has 3 aromatic rings. The fourth-order valence-electron chi connectivity index (χ4n) is 4.40. The molecule has 0 N–H and O–H groups in total. The summed E-state index contributed by atoms with van der Waals surface area (Å²) < 4.78 is 7.19. The first-order valence-corrected chi connectivity index (χ1v) is 11.7. The summed E-state index contributed by atoms with van der Waals surface area (Å²) in [5, 5.41) is 2.83. The van der Waals surface area contributed by atoms with Crippen LogP contribution in [-0.2, 0) is 11.2 Å². The Morgan fingerprint density at radius 3 is 2.79 bits per heavy atom. The Bertz CT molecular complexity index is 1360. The van der Waals surface area contributed by atoms with Crippen molar-refractivity contribution in [2.75, 3.05) is 13.2 Å². The number of rotatable bonds is 8. The molecule has 1 aliphatic rings. The molecule has 172 valence electrons. The van der Waals surface area contributed by atoms with Crippen LogP contribution in [0.15, 0.2) is 35.5 Å². The topological polar surface area (TPSA) is 74.1 Å². The molecule has 0 amide bonds. The number of fused-ring (bicyclic) bond motifs is 3. The number of ether oxygens (including phenoxy) is 1. The first-order chi connectivity index (χ1) is 15.9. The normalized spacial score (nSPS) is 16.1. The Labute approximate surface area is 193 Å². The van der Waals surface area contributed by atoms with Gasteiger partial charge in [-0.2, -0.15) is 0 Å². The minimum Gasteiger partial charge on any atom is -0.382 e. The lowest BCUT2D eigenvalue weighted by molar-refractivity contribution is 0.101. The minimum atomic E-state index is -0.0494. The van der Waals surface area contributed by atoms with Crippen LogP contribution in [0.5, 0.6) is 0 Å². The van der Waals surface area contributed by atoms with Gasteiger partial charge in [-0.05, 0) is 67.5 Å². The second-order valence-electron chi connectivity index (χ2n) is 8.92. The summed E-state index contributed by atoms with van der Waals surface area (Å²) >= 11 is 0. The Balaban J connectivity index is 1.83. The Hall–Kier alpha value is -3.12. The van der Waals surface area contributed by atoms with Crippen LogP contribution in [0.3, 0.4) is 0 Å². The van der Waals surface area contributed by atoms with Gasteiger partial charge in [0.05, 0.1) is 17.2 Å². The molecule has 0 aliphatic heterocycles. The predicted molar refractivity (Wildman–Crippen MR) is 131 cm³/mol. The minimum absolute atomic E-state index is 0.00165.